The summed E-state index contributed by atoms with van der Waals surface area (Å²) in [6, 6.07) is 6.23. The van der Waals surface area contributed by atoms with Crippen molar-refractivity contribution in [1.82, 2.24) is 14.9 Å². The standard InChI is InChI=1S/C17H18F2N4/c1-11-4-5-20-17(21-11)22-9-14-7-15(10-22)23(14)8-12-6-13(18)2-3-16(12)19/h2-6,14-15H,7-10H2,1H3. The van der Waals surface area contributed by atoms with Gasteiger partial charge in [0.15, 0.2) is 0 Å². The van der Waals surface area contributed by atoms with Gasteiger partial charge in [-0.1, -0.05) is 0 Å². The van der Waals surface area contributed by atoms with Crippen LogP contribution in [0, 0.1) is 18.6 Å². The molecule has 2 bridgehead atoms. The van der Waals surface area contributed by atoms with E-state index in [0.717, 1.165) is 37.2 Å². The van der Waals surface area contributed by atoms with E-state index in [9.17, 15) is 8.78 Å². The lowest BCUT2D eigenvalue weighted by Gasteiger charge is -2.56. The molecule has 0 amide bonds. The Balaban J connectivity index is 1.46. The molecule has 3 fully saturated rings. The molecule has 5 rings (SSSR count). The molecule has 3 aliphatic rings. The van der Waals surface area contributed by atoms with Crippen molar-refractivity contribution in [3.8, 4) is 0 Å². The zero-order valence-corrected chi connectivity index (χ0v) is 12.9. The fourth-order valence-corrected chi connectivity index (χ4v) is 3.56. The Morgan fingerprint density at radius 3 is 2.70 bits per heavy atom. The van der Waals surface area contributed by atoms with Crippen LogP contribution in [0.1, 0.15) is 17.7 Å². The van der Waals surface area contributed by atoms with E-state index < -0.39 is 0 Å². The van der Waals surface area contributed by atoms with Crippen LogP contribution in [0.15, 0.2) is 30.5 Å². The topological polar surface area (TPSA) is 32.3 Å². The Kier molecular flexibility index (Phi) is 3.49. The largest absolute Gasteiger partial charge is 0.338 e. The van der Waals surface area contributed by atoms with Crippen LogP contribution in [0.25, 0.3) is 0 Å². The summed E-state index contributed by atoms with van der Waals surface area (Å²) >= 11 is 0. The summed E-state index contributed by atoms with van der Waals surface area (Å²) in [7, 11) is 0. The molecule has 3 aliphatic heterocycles. The fourth-order valence-electron chi connectivity index (χ4n) is 3.56. The van der Waals surface area contributed by atoms with E-state index in [1.807, 2.05) is 13.0 Å². The lowest BCUT2D eigenvalue weighted by Crippen LogP contribution is -2.68. The maximum Gasteiger partial charge on any atom is 0.225 e. The molecule has 2 unspecified atom stereocenters. The SMILES string of the molecule is Cc1ccnc(N2CC3CC(C2)N3Cc2cc(F)ccc2F)n1. The van der Waals surface area contributed by atoms with Gasteiger partial charge >= 0.3 is 0 Å². The molecule has 4 heterocycles. The van der Waals surface area contributed by atoms with Crippen LogP contribution in [0.5, 0.6) is 0 Å². The molecule has 0 spiro atoms. The molecule has 1 aromatic carbocycles. The van der Waals surface area contributed by atoms with E-state index >= 15 is 0 Å². The molecule has 6 heteroatoms. The van der Waals surface area contributed by atoms with E-state index in [-0.39, 0.29) is 11.6 Å². The summed E-state index contributed by atoms with van der Waals surface area (Å²) in [6.45, 7) is 4.07. The lowest BCUT2D eigenvalue weighted by atomic mass is 9.87. The third kappa shape index (κ3) is 2.67. The van der Waals surface area contributed by atoms with Crippen LogP contribution in [-0.4, -0.2) is 40.0 Å². The Hall–Kier alpha value is -2.08. The van der Waals surface area contributed by atoms with Gasteiger partial charge in [-0.3, -0.25) is 4.90 Å². The predicted octanol–water partition coefficient (Wildman–Crippen LogP) is 2.53. The first-order valence-electron chi connectivity index (χ1n) is 7.84. The van der Waals surface area contributed by atoms with E-state index in [0.29, 0.717) is 24.2 Å². The number of halogens is 2. The van der Waals surface area contributed by atoms with E-state index in [1.165, 1.54) is 12.1 Å². The molecule has 120 valence electrons. The average molecular weight is 316 g/mol. The zero-order valence-electron chi connectivity index (χ0n) is 12.9. The number of hydrogen-bond acceptors (Lipinski definition) is 4. The third-order valence-electron chi connectivity index (χ3n) is 4.77. The molecule has 1 aromatic heterocycles. The van der Waals surface area contributed by atoms with Crippen LogP contribution < -0.4 is 4.90 Å². The molecule has 2 aromatic rings. The number of piperidine rings is 1. The molecule has 0 N–H and O–H groups in total. The molecule has 3 saturated heterocycles. The van der Waals surface area contributed by atoms with E-state index in [2.05, 4.69) is 19.8 Å². The normalized spacial score (nSPS) is 23.7. The Morgan fingerprint density at radius 1 is 1.17 bits per heavy atom. The Morgan fingerprint density at radius 2 is 1.96 bits per heavy atom. The second-order valence-corrected chi connectivity index (χ2v) is 6.35. The third-order valence-corrected chi connectivity index (χ3v) is 4.77. The molecular formula is C17H18F2N4. The van der Waals surface area contributed by atoms with Gasteiger partial charge in [-0.25, -0.2) is 18.7 Å². The molecule has 0 saturated carbocycles. The summed E-state index contributed by atoms with van der Waals surface area (Å²) in [6.07, 6.45) is 2.87. The highest BCUT2D eigenvalue weighted by Crippen LogP contribution is 2.35. The molecule has 0 aliphatic carbocycles. The molecule has 4 nitrogen and oxygen atoms in total. The van der Waals surface area contributed by atoms with Gasteiger partial charge in [0.25, 0.3) is 0 Å². The number of fused-ring (bicyclic) bond motifs is 2. The molecular weight excluding hydrogens is 298 g/mol. The minimum Gasteiger partial charge on any atom is -0.338 e. The lowest BCUT2D eigenvalue weighted by molar-refractivity contribution is -0.00981. The number of anilines is 1. The summed E-state index contributed by atoms with van der Waals surface area (Å²) < 4.78 is 27.1. The average Bonchev–Trinajstić information content (AvgIpc) is 2.55. The summed E-state index contributed by atoms with van der Waals surface area (Å²) in [4.78, 5) is 13.3. The highest BCUT2D eigenvalue weighted by atomic mass is 19.1. The van der Waals surface area contributed by atoms with Crippen LogP contribution in [0.4, 0.5) is 14.7 Å². The smallest absolute Gasteiger partial charge is 0.225 e. The zero-order chi connectivity index (χ0) is 16.0. The second-order valence-electron chi connectivity index (χ2n) is 6.35. The summed E-state index contributed by atoms with van der Waals surface area (Å²) in [5, 5.41) is 0. The number of nitrogens with zero attached hydrogens (tertiary/aromatic N) is 4. The van der Waals surface area contributed by atoms with Gasteiger partial charge < -0.3 is 4.90 Å². The van der Waals surface area contributed by atoms with Gasteiger partial charge in [-0.15, -0.1) is 0 Å². The maximum absolute atomic E-state index is 13.8. The minimum absolute atomic E-state index is 0.338. The first-order valence-corrected chi connectivity index (χ1v) is 7.84. The van der Waals surface area contributed by atoms with Crippen molar-refractivity contribution in [2.24, 2.45) is 0 Å². The van der Waals surface area contributed by atoms with Crippen LogP contribution in [0.3, 0.4) is 0 Å². The van der Waals surface area contributed by atoms with Crippen molar-refractivity contribution < 1.29 is 8.78 Å². The van der Waals surface area contributed by atoms with Gasteiger partial charge in [-0.2, -0.15) is 0 Å². The van der Waals surface area contributed by atoms with Gasteiger partial charge in [0.05, 0.1) is 0 Å². The van der Waals surface area contributed by atoms with Crippen LogP contribution in [0.2, 0.25) is 0 Å². The monoisotopic (exact) mass is 316 g/mol. The number of aryl methyl sites for hydroxylation is 1. The number of piperazine rings is 1. The fraction of sp³-hybridized carbons (Fsp3) is 0.412. The van der Waals surface area contributed by atoms with Gasteiger partial charge in [-0.05, 0) is 37.6 Å². The molecule has 2 atom stereocenters. The highest BCUT2D eigenvalue weighted by Gasteiger charge is 2.45. The van der Waals surface area contributed by atoms with Crippen molar-refractivity contribution in [2.45, 2.75) is 32.0 Å². The summed E-state index contributed by atoms with van der Waals surface area (Å²) in [5.41, 5.74) is 1.38. The molecule has 23 heavy (non-hydrogen) atoms. The van der Waals surface area contributed by atoms with Crippen molar-refractivity contribution in [1.29, 1.82) is 0 Å². The Labute approximate surface area is 133 Å². The van der Waals surface area contributed by atoms with E-state index in [1.54, 1.807) is 6.20 Å². The van der Waals surface area contributed by atoms with Gasteiger partial charge in [0, 0.05) is 49.2 Å². The van der Waals surface area contributed by atoms with Crippen molar-refractivity contribution >= 4 is 5.95 Å². The van der Waals surface area contributed by atoms with Crippen LogP contribution >= 0.6 is 0 Å². The first kappa shape index (κ1) is 14.5. The second kappa shape index (κ2) is 5.53. The highest BCUT2D eigenvalue weighted by molar-refractivity contribution is 5.34. The number of benzene rings is 1. The first-order chi connectivity index (χ1) is 11.1. The maximum atomic E-state index is 13.8. The summed E-state index contributed by atoms with van der Waals surface area (Å²) in [5.74, 6) is 0.0356. The number of hydrogen-bond donors (Lipinski definition) is 0. The quantitative estimate of drug-likeness (QED) is 0.871. The van der Waals surface area contributed by atoms with Crippen molar-refractivity contribution in [2.75, 3.05) is 18.0 Å². The van der Waals surface area contributed by atoms with Gasteiger partial charge in [0.1, 0.15) is 11.6 Å². The van der Waals surface area contributed by atoms with Crippen molar-refractivity contribution in [3.63, 3.8) is 0 Å². The molecule has 0 radical (unpaired) electrons. The van der Waals surface area contributed by atoms with E-state index in [4.69, 9.17) is 0 Å². The van der Waals surface area contributed by atoms with Crippen molar-refractivity contribution in [3.05, 3.63) is 53.4 Å². The number of rotatable bonds is 3. The van der Waals surface area contributed by atoms with Crippen LogP contribution in [-0.2, 0) is 6.54 Å². The minimum atomic E-state index is -0.387. The predicted molar refractivity (Wildman–Crippen MR) is 83.1 cm³/mol. The number of aromatic nitrogens is 2. The Bertz CT molecular complexity index is 724. The van der Waals surface area contributed by atoms with Gasteiger partial charge in [0.2, 0.25) is 5.95 Å².